The molecule has 3 aromatic rings. The molecule has 3 unspecified atom stereocenters. The second kappa shape index (κ2) is 10.9. The monoisotopic (exact) mass is 512 g/mol. The van der Waals surface area contributed by atoms with Gasteiger partial charge >= 0.3 is 5.97 Å². The van der Waals surface area contributed by atoms with Crippen molar-refractivity contribution < 1.29 is 19.1 Å². The Bertz CT molecular complexity index is 1290. The molecule has 0 aromatic heterocycles. The van der Waals surface area contributed by atoms with Crippen molar-refractivity contribution in [1.82, 2.24) is 0 Å². The first-order valence-electron chi connectivity index (χ1n) is 13.3. The minimum absolute atomic E-state index is 0.00260. The third kappa shape index (κ3) is 5.54. The summed E-state index contributed by atoms with van der Waals surface area (Å²) in [6.07, 6.45) is 5.27. The molecule has 5 rings (SSSR count). The average Bonchev–Trinajstić information content (AvgIpc) is 3.50. The van der Waals surface area contributed by atoms with E-state index in [1.807, 2.05) is 26.2 Å². The molecule has 198 valence electrons. The van der Waals surface area contributed by atoms with Crippen molar-refractivity contribution in [1.29, 1.82) is 0 Å². The number of rotatable bonds is 9. The van der Waals surface area contributed by atoms with Gasteiger partial charge < -0.3 is 19.7 Å². The molecule has 2 aliphatic rings. The van der Waals surface area contributed by atoms with Gasteiger partial charge in [0, 0.05) is 37.5 Å². The average molecular weight is 513 g/mol. The van der Waals surface area contributed by atoms with Crippen LogP contribution in [-0.2, 0) is 20.7 Å². The molecule has 6 nitrogen and oxygen atoms in total. The van der Waals surface area contributed by atoms with Gasteiger partial charge in [0.2, 0.25) is 5.91 Å². The lowest BCUT2D eigenvalue weighted by molar-refractivity contribution is -0.142. The summed E-state index contributed by atoms with van der Waals surface area (Å²) in [5.74, 6) is 0.759. The van der Waals surface area contributed by atoms with Gasteiger partial charge in [-0.3, -0.25) is 4.79 Å². The Balaban J connectivity index is 1.26. The van der Waals surface area contributed by atoms with Crippen LogP contribution in [0.25, 0.3) is 11.1 Å². The summed E-state index contributed by atoms with van der Waals surface area (Å²) in [7, 11) is 5.42. The lowest BCUT2D eigenvalue weighted by Crippen LogP contribution is -2.37. The minimum Gasteiger partial charge on any atom is -0.482 e. The van der Waals surface area contributed by atoms with E-state index in [9.17, 15) is 9.59 Å². The molecule has 1 N–H and O–H groups in total. The number of ether oxygens (including phenoxy) is 2. The number of amides is 1. The maximum absolute atomic E-state index is 13.5. The first kappa shape index (κ1) is 25.8. The third-order valence-corrected chi connectivity index (χ3v) is 8.28. The highest BCUT2D eigenvalue weighted by Crippen LogP contribution is 2.59. The van der Waals surface area contributed by atoms with Crippen molar-refractivity contribution in [2.24, 2.45) is 17.3 Å². The molecular formula is C32H36N2O4. The van der Waals surface area contributed by atoms with Gasteiger partial charge in [-0.05, 0) is 84.4 Å². The summed E-state index contributed by atoms with van der Waals surface area (Å²) in [5, 5.41) is 3.13. The zero-order chi connectivity index (χ0) is 26.7. The molecule has 38 heavy (non-hydrogen) atoms. The maximum Gasteiger partial charge on any atom is 0.343 e. The Hall–Kier alpha value is -3.80. The Morgan fingerprint density at radius 1 is 1.00 bits per heavy atom. The largest absolute Gasteiger partial charge is 0.482 e. The topological polar surface area (TPSA) is 67.9 Å². The summed E-state index contributed by atoms with van der Waals surface area (Å²) in [6.45, 7) is -0.165. The van der Waals surface area contributed by atoms with Crippen LogP contribution in [0.5, 0.6) is 5.75 Å². The van der Waals surface area contributed by atoms with E-state index in [2.05, 4.69) is 63.5 Å². The van der Waals surface area contributed by atoms with Crippen molar-refractivity contribution in [3.05, 3.63) is 78.4 Å². The molecule has 0 heterocycles. The van der Waals surface area contributed by atoms with Crippen molar-refractivity contribution in [2.45, 2.75) is 32.1 Å². The predicted molar refractivity (Wildman–Crippen MR) is 150 cm³/mol. The van der Waals surface area contributed by atoms with E-state index in [1.54, 1.807) is 12.1 Å². The summed E-state index contributed by atoms with van der Waals surface area (Å²) in [5.41, 5.74) is 5.57. The minimum atomic E-state index is -0.446. The van der Waals surface area contributed by atoms with Gasteiger partial charge in [-0.25, -0.2) is 4.79 Å². The van der Waals surface area contributed by atoms with E-state index in [0.717, 1.165) is 25.7 Å². The van der Waals surface area contributed by atoms with Crippen LogP contribution in [0.1, 0.15) is 31.2 Å². The second-order valence-electron chi connectivity index (χ2n) is 11.0. The highest BCUT2D eigenvalue weighted by molar-refractivity contribution is 5.93. The van der Waals surface area contributed by atoms with Crippen LogP contribution < -0.4 is 15.0 Å². The van der Waals surface area contributed by atoms with Gasteiger partial charge in [0.15, 0.2) is 6.61 Å². The number of carbonyl (C=O) groups excluding carboxylic acids is 2. The molecule has 1 amide bonds. The number of carbonyl (C=O) groups is 2. The smallest absolute Gasteiger partial charge is 0.343 e. The number of nitrogens with zero attached hydrogens (tertiary/aromatic N) is 1. The molecule has 3 atom stereocenters. The number of anilines is 2. The van der Waals surface area contributed by atoms with Crippen molar-refractivity contribution in [3.63, 3.8) is 0 Å². The highest BCUT2D eigenvalue weighted by Gasteiger charge is 2.54. The lowest BCUT2D eigenvalue weighted by atomic mass is 9.70. The normalized spacial score (nSPS) is 21.7. The summed E-state index contributed by atoms with van der Waals surface area (Å²) >= 11 is 0. The number of hydrogen-bond donors (Lipinski definition) is 1. The van der Waals surface area contributed by atoms with Crippen LogP contribution in [0.4, 0.5) is 11.4 Å². The van der Waals surface area contributed by atoms with E-state index >= 15 is 0 Å². The van der Waals surface area contributed by atoms with E-state index < -0.39 is 5.97 Å². The molecular weight excluding hydrogens is 476 g/mol. The number of methoxy groups -OCH3 is 1. The van der Waals surface area contributed by atoms with Crippen molar-refractivity contribution >= 4 is 23.3 Å². The first-order valence-corrected chi connectivity index (χ1v) is 13.3. The maximum atomic E-state index is 13.5. The second-order valence-corrected chi connectivity index (χ2v) is 11.0. The molecule has 2 aliphatic carbocycles. The molecule has 2 bridgehead atoms. The highest BCUT2D eigenvalue weighted by atomic mass is 16.6. The summed E-state index contributed by atoms with van der Waals surface area (Å²) in [4.78, 5) is 27.0. The summed E-state index contributed by atoms with van der Waals surface area (Å²) < 4.78 is 10.1. The number of nitrogens with one attached hydrogen (secondary N) is 1. The molecule has 6 heteroatoms. The predicted octanol–water partition coefficient (Wildman–Crippen LogP) is 5.96. The van der Waals surface area contributed by atoms with Gasteiger partial charge in [-0.15, -0.1) is 0 Å². The van der Waals surface area contributed by atoms with Crippen LogP contribution >= 0.6 is 0 Å². The van der Waals surface area contributed by atoms with Gasteiger partial charge in [-0.1, -0.05) is 42.5 Å². The number of esters is 1. The molecule has 0 spiro atoms. The SMILES string of the molecule is COC(=O)COc1cccc(NC(=O)C2CC3CCC2(Cc2ccc(-c4ccc(N(C)C)cc4)cc2)C3)c1. The zero-order valence-electron chi connectivity index (χ0n) is 22.4. The van der Waals surface area contributed by atoms with E-state index in [1.165, 1.54) is 35.9 Å². The van der Waals surface area contributed by atoms with E-state index in [4.69, 9.17) is 4.74 Å². The van der Waals surface area contributed by atoms with Crippen molar-refractivity contribution in [3.8, 4) is 16.9 Å². The van der Waals surface area contributed by atoms with Crippen molar-refractivity contribution in [2.75, 3.05) is 38.0 Å². The fourth-order valence-corrected chi connectivity index (χ4v) is 6.31. The lowest BCUT2D eigenvalue weighted by Gasteiger charge is -2.34. The van der Waals surface area contributed by atoms with E-state index in [0.29, 0.717) is 17.4 Å². The molecule has 0 saturated heterocycles. The van der Waals surface area contributed by atoms with Crippen LogP contribution in [0.2, 0.25) is 0 Å². The zero-order valence-corrected chi connectivity index (χ0v) is 22.4. The fraction of sp³-hybridized carbons (Fsp3) is 0.375. The Morgan fingerprint density at radius 3 is 2.37 bits per heavy atom. The molecule has 0 radical (unpaired) electrons. The number of hydrogen-bond acceptors (Lipinski definition) is 5. The number of benzene rings is 3. The third-order valence-electron chi connectivity index (χ3n) is 8.28. The Kier molecular flexibility index (Phi) is 7.41. The van der Waals surface area contributed by atoms with Gasteiger partial charge in [0.05, 0.1) is 7.11 Å². The van der Waals surface area contributed by atoms with Crippen LogP contribution in [-0.4, -0.2) is 39.7 Å². The first-order chi connectivity index (χ1) is 18.3. The van der Waals surface area contributed by atoms with Gasteiger partial charge in [0.1, 0.15) is 5.75 Å². The summed E-state index contributed by atoms with van der Waals surface area (Å²) in [6, 6.07) is 24.7. The fourth-order valence-electron chi connectivity index (χ4n) is 6.31. The quantitative estimate of drug-likeness (QED) is 0.359. The molecule has 2 fully saturated rings. The van der Waals surface area contributed by atoms with Gasteiger partial charge in [0.25, 0.3) is 0 Å². The Morgan fingerprint density at radius 2 is 1.71 bits per heavy atom. The van der Waals surface area contributed by atoms with Crippen LogP contribution in [0.3, 0.4) is 0 Å². The van der Waals surface area contributed by atoms with E-state index in [-0.39, 0.29) is 23.8 Å². The number of fused-ring (bicyclic) bond motifs is 2. The van der Waals surface area contributed by atoms with Gasteiger partial charge in [-0.2, -0.15) is 0 Å². The molecule has 2 saturated carbocycles. The standard InChI is InChI=1S/C32H36N2O4/c1-34(2)27-13-11-25(12-14-27)24-9-7-22(8-10-24)19-32-16-15-23(20-32)17-29(32)31(36)33-26-5-4-6-28(18-26)38-21-30(35)37-3/h4-14,18,23,29H,15-17,19-21H2,1-3H3,(H,33,36). The van der Waals surface area contributed by atoms with Crippen LogP contribution in [0, 0.1) is 17.3 Å². The Labute approximate surface area is 225 Å². The van der Waals surface area contributed by atoms with Crippen LogP contribution in [0.15, 0.2) is 72.8 Å². The molecule has 0 aliphatic heterocycles. The molecule has 3 aromatic carbocycles.